The Morgan fingerprint density at radius 1 is 1.44 bits per heavy atom. The first-order valence-corrected chi connectivity index (χ1v) is 7.69. The van der Waals surface area contributed by atoms with Crippen LogP contribution >= 0.6 is 0 Å². The summed E-state index contributed by atoms with van der Waals surface area (Å²) in [6.45, 7) is 2.20. The maximum Gasteiger partial charge on any atom is 0.232 e. The van der Waals surface area contributed by atoms with Crippen LogP contribution in [0, 0.1) is 0 Å². The lowest BCUT2D eigenvalue weighted by molar-refractivity contribution is 0.153. The molecule has 1 aliphatic rings. The van der Waals surface area contributed by atoms with Gasteiger partial charge in [0.05, 0.1) is 18.0 Å². The van der Waals surface area contributed by atoms with Gasteiger partial charge in [0.15, 0.2) is 0 Å². The molecule has 2 rings (SSSR count). The molecular weight excluding hydrogens is 252 g/mol. The Bertz CT molecular complexity index is 554. The standard InChI is InChI=1S/C12H18N2O3S/c1-8(13)12(15)10-3-4-11-9(7-10)5-6-14(11)18(2,16)17/h3-4,7-8,12,15H,5-6,13H2,1-2H3. The van der Waals surface area contributed by atoms with Gasteiger partial charge in [0.2, 0.25) is 10.0 Å². The molecule has 5 nitrogen and oxygen atoms in total. The van der Waals surface area contributed by atoms with Gasteiger partial charge in [-0.3, -0.25) is 4.31 Å². The predicted octanol–water partition coefficient (Wildman–Crippen LogP) is 0.389. The highest BCUT2D eigenvalue weighted by molar-refractivity contribution is 7.92. The molecule has 0 saturated carbocycles. The molecule has 0 aromatic heterocycles. The van der Waals surface area contributed by atoms with Gasteiger partial charge in [0.1, 0.15) is 0 Å². The molecule has 1 aromatic rings. The molecule has 0 aliphatic carbocycles. The molecule has 0 bridgehead atoms. The van der Waals surface area contributed by atoms with Crippen LogP contribution in [0.3, 0.4) is 0 Å². The van der Waals surface area contributed by atoms with Crippen LogP contribution < -0.4 is 10.0 Å². The molecule has 1 aromatic carbocycles. The highest BCUT2D eigenvalue weighted by atomic mass is 32.2. The van der Waals surface area contributed by atoms with Crippen molar-refractivity contribution < 1.29 is 13.5 Å². The van der Waals surface area contributed by atoms with E-state index in [1.165, 1.54) is 10.6 Å². The third-order valence-electron chi connectivity index (χ3n) is 3.20. The second kappa shape index (κ2) is 4.53. The van der Waals surface area contributed by atoms with Gasteiger partial charge >= 0.3 is 0 Å². The fourth-order valence-corrected chi connectivity index (χ4v) is 3.18. The van der Waals surface area contributed by atoms with E-state index in [0.717, 1.165) is 11.1 Å². The van der Waals surface area contributed by atoms with E-state index in [0.29, 0.717) is 18.7 Å². The molecule has 3 N–H and O–H groups in total. The van der Waals surface area contributed by atoms with Gasteiger partial charge in [-0.2, -0.15) is 0 Å². The molecule has 0 spiro atoms. The highest BCUT2D eigenvalue weighted by Crippen LogP contribution is 2.32. The Balaban J connectivity index is 2.37. The molecule has 0 saturated heterocycles. The summed E-state index contributed by atoms with van der Waals surface area (Å²) in [5.41, 5.74) is 8.04. The Morgan fingerprint density at radius 2 is 2.11 bits per heavy atom. The topological polar surface area (TPSA) is 83.6 Å². The van der Waals surface area contributed by atoms with Crippen molar-refractivity contribution in [2.45, 2.75) is 25.5 Å². The number of aliphatic hydroxyl groups is 1. The van der Waals surface area contributed by atoms with E-state index >= 15 is 0 Å². The number of benzene rings is 1. The van der Waals surface area contributed by atoms with Crippen LogP contribution in [0.15, 0.2) is 18.2 Å². The summed E-state index contributed by atoms with van der Waals surface area (Å²) in [4.78, 5) is 0. The molecule has 1 heterocycles. The van der Waals surface area contributed by atoms with Crippen molar-refractivity contribution in [3.63, 3.8) is 0 Å². The minimum Gasteiger partial charge on any atom is -0.387 e. The Labute approximate surface area is 107 Å². The van der Waals surface area contributed by atoms with Gasteiger partial charge in [0.25, 0.3) is 0 Å². The van der Waals surface area contributed by atoms with Gasteiger partial charge in [-0.1, -0.05) is 12.1 Å². The molecule has 2 unspecified atom stereocenters. The van der Waals surface area contributed by atoms with Crippen LogP contribution in [0.5, 0.6) is 0 Å². The third kappa shape index (κ3) is 2.36. The SMILES string of the molecule is CC(N)C(O)c1ccc2c(c1)CCN2S(C)(=O)=O. The summed E-state index contributed by atoms with van der Waals surface area (Å²) in [5.74, 6) is 0. The molecule has 0 amide bonds. The van der Waals surface area contributed by atoms with Crippen LogP contribution in [0.1, 0.15) is 24.2 Å². The van der Waals surface area contributed by atoms with Crippen molar-refractivity contribution in [1.29, 1.82) is 0 Å². The lowest BCUT2D eigenvalue weighted by atomic mass is 10.0. The number of fused-ring (bicyclic) bond motifs is 1. The molecular formula is C12H18N2O3S. The molecule has 6 heteroatoms. The summed E-state index contributed by atoms with van der Waals surface area (Å²) in [7, 11) is -3.22. The van der Waals surface area contributed by atoms with E-state index in [4.69, 9.17) is 5.73 Å². The average molecular weight is 270 g/mol. The quantitative estimate of drug-likeness (QED) is 0.832. The molecule has 2 atom stereocenters. The van der Waals surface area contributed by atoms with Gasteiger partial charge in [-0.25, -0.2) is 8.42 Å². The molecule has 18 heavy (non-hydrogen) atoms. The average Bonchev–Trinajstić information content (AvgIpc) is 2.69. The van der Waals surface area contributed by atoms with Crippen LogP contribution in [0.2, 0.25) is 0 Å². The van der Waals surface area contributed by atoms with Crippen molar-refractivity contribution in [2.75, 3.05) is 17.1 Å². The van der Waals surface area contributed by atoms with Crippen LogP contribution in [0.25, 0.3) is 0 Å². The summed E-state index contributed by atoms with van der Waals surface area (Å²) in [6.07, 6.45) is 1.15. The summed E-state index contributed by atoms with van der Waals surface area (Å²) in [6, 6.07) is 4.96. The van der Waals surface area contributed by atoms with Crippen molar-refractivity contribution in [3.8, 4) is 0 Å². The van der Waals surface area contributed by atoms with E-state index in [2.05, 4.69) is 0 Å². The predicted molar refractivity (Wildman–Crippen MR) is 70.9 cm³/mol. The van der Waals surface area contributed by atoms with E-state index in [-0.39, 0.29) is 6.04 Å². The van der Waals surface area contributed by atoms with Gasteiger partial charge in [0, 0.05) is 12.6 Å². The van der Waals surface area contributed by atoms with Crippen LogP contribution in [0.4, 0.5) is 5.69 Å². The monoisotopic (exact) mass is 270 g/mol. The Kier molecular flexibility index (Phi) is 3.35. The minimum absolute atomic E-state index is 0.351. The summed E-state index contributed by atoms with van der Waals surface area (Å²) in [5, 5.41) is 9.90. The van der Waals surface area contributed by atoms with E-state index in [1.54, 1.807) is 19.1 Å². The van der Waals surface area contributed by atoms with Crippen LogP contribution in [-0.4, -0.2) is 32.4 Å². The summed E-state index contributed by atoms with van der Waals surface area (Å²) < 4.78 is 24.6. The summed E-state index contributed by atoms with van der Waals surface area (Å²) >= 11 is 0. The maximum atomic E-state index is 11.6. The molecule has 1 aliphatic heterocycles. The molecule has 0 fully saturated rings. The first kappa shape index (κ1) is 13.3. The first-order chi connectivity index (χ1) is 8.30. The second-order valence-electron chi connectivity index (χ2n) is 4.78. The Hall–Kier alpha value is -1.11. The number of nitrogens with two attached hydrogens (primary N) is 1. The Morgan fingerprint density at radius 3 is 2.67 bits per heavy atom. The number of anilines is 1. The van der Waals surface area contributed by atoms with Crippen molar-refractivity contribution in [3.05, 3.63) is 29.3 Å². The maximum absolute atomic E-state index is 11.6. The van der Waals surface area contributed by atoms with Gasteiger partial charge in [-0.15, -0.1) is 0 Å². The zero-order chi connectivity index (χ0) is 13.5. The second-order valence-corrected chi connectivity index (χ2v) is 6.68. The van der Waals surface area contributed by atoms with Crippen molar-refractivity contribution in [2.24, 2.45) is 5.73 Å². The number of hydrogen-bond acceptors (Lipinski definition) is 4. The third-order valence-corrected chi connectivity index (χ3v) is 4.38. The number of hydrogen-bond donors (Lipinski definition) is 2. The number of sulfonamides is 1. The lowest BCUT2D eigenvalue weighted by Crippen LogP contribution is -2.27. The van der Waals surface area contributed by atoms with E-state index < -0.39 is 16.1 Å². The van der Waals surface area contributed by atoms with Crippen molar-refractivity contribution in [1.82, 2.24) is 0 Å². The van der Waals surface area contributed by atoms with Crippen LogP contribution in [-0.2, 0) is 16.4 Å². The van der Waals surface area contributed by atoms with Crippen molar-refractivity contribution >= 4 is 15.7 Å². The number of aliphatic hydroxyl groups excluding tert-OH is 1. The fraction of sp³-hybridized carbons (Fsp3) is 0.500. The largest absolute Gasteiger partial charge is 0.387 e. The number of rotatable bonds is 3. The van der Waals surface area contributed by atoms with Gasteiger partial charge in [-0.05, 0) is 30.5 Å². The lowest BCUT2D eigenvalue weighted by Gasteiger charge is -2.18. The van der Waals surface area contributed by atoms with E-state index in [9.17, 15) is 13.5 Å². The normalized spacial score (nSPS) is 18.6. The first-order valence-electron chi connectivity index (χ1n) is 5.85. The number of nitrogens with zero attached hydrogens (tertiary/aromatic N) is 1. The highest BCUT2D eigenvalue weighted by Gasteiger charge is 2.27. The zero-order valence-electron chi connectivity index (χ0n) is 10.5. The smallest absolute Gasteiger partial charge is 0.232 e. The minimum atomic E-state index is -3.22. The van der Waals surface area contributed by atoms with E-state index in [1.807, 2.05) is 6.07 Å². The molecule has 0 radical (unpaired) electrons. The fourth-order valence-electron chi connectivity index (χ4n) is 2.22. The molecule has 100 valence electrons. The zero-order valence-corrected chi connectivity index (χ0v) is 11.3. The van der Waals surface area contributed by atoms with Gasteiger partial charge < -0.3 is 10.8 Å².